The van der Waals surface area contributed by atoms with E-state index in [1.165, 1.54) is 5.56 Å². The first-order chi connectivity index (χ1) is 25.3. The van der Waals surface area contributed by atoms with Crippen LogP contribution in [0.1, 0.15) is 9.68 Å². The molecule has 6 aromatic carbocycles. The molecule has 1 aliphatic rings. The molecule has 3 heterocycles. The number of hydrogen-bond donors (Lipinski definition) is 0. The summed E-state index contributed by atoms with van der Waals surface area (Å²) in [7, 11) is 0. The molecule has 246 valence electrons. The molecule has 0 fully saturated rings. The zero-order chi connectivity index (χ0) is 35.4. The van der Waals surface area contributed by atoms with Crippen LogP contribution in [0.15, 0.2) is 152 Å². The van der Waals surface area contributed by atoms with E-state index in [0.717, 1.165) is 60.9 Å². The van der Waals surface area contributed by atoms with E-state index >= 15 is 0 Å². The van der Waals surface area contributed by atoms with E-state index in [0.29, 0.717) is 17.1 Å². The van der Waals surface area contributed by atoms with Crippen LogP contribution in [0.4, 0.5) is 34.1 Å². The maximum atomic E-state index is 8.11. The van der Waals surface area contributed by atoms with E-state index in [9.17, 15) is 0 Å². The summed E-state index contributed by atoms with van der Waals surface area (Å²) < 4.78 is 26.5. The predicted octanol–water partition coefficient (Wildman–Crippen LogP) is 10.6. The van der Waals surface area contributed by atoms with Crippen LogP contribution >= 0.6 is 0 Å². The van der Waals surface area contributed by atoms with Gasteiger partial charge in [-0.3, -0.25) is 0 Å². The third-order valence-electron chi connectivity index (χ3n) is 9.00. The van der Waals surface area contributed by atoms with Crippen LogP contribution in [0.2, 0.25) is 0 Å². The van der Waals surface area contributed by atoms with Crippen molar-refractivity contribution < 1.29 is 30.1 Å². The number of rotatable bonds is 6. The molecule has 0 bridgehead atoms. The van der Waals surface area contributed by atoms with Gasteiger partial charge in [0.15, 0.2) is 0 Å². The molecule has 0 unspecified atom stereocenters. The van der Waals surface area contributed by atoms with Crippen molar-refractivity contribution >= 4 is 55.9 Å². The first-order valence-electron chi connectivity index (χ1n) is 17.6. The number of fused-ring (bicyclic) bond motifs is 4. The van der Waals surface area contributed by atoms with Gasteiger partial charge in [-0.2, -0.15) is 17.1 Å². The molecule has 0 amide bonds. The average molecular weight is 833 g/mol. The van der Waals surface area contributed by atoms with Gasteiger partial charge in [-0.25, -0.2) is 4.98 Å². The Morgan fingerprint density at radius 3 is 2.32 bits per heavy atom. The van der Waals surface area contributed by atoms with Crippen molar-refractivity contribution in [2.24, 2.45) is 0 Å². The molecule has 50 heavy (non-hydrogen) atoms. The van der Waals surface area contributed by atoms with E-state index in [4.69, 9.17) is 9.10 Å². The molecule has 0 radical (unpaired) electrons. The summed E-state index contributed by atoms with van der Waals surface area (Å²) in [5.74, 6) is 0.799. The van der Waals surface area contributed by atoms with Crippen molar-refractivity contribution in [1.82, 2.24) is 9.55 Å². The Morgan fingerprint density at radius 2 is 1.46 bits per heavy atom. The molecule has 1 N–H and O–H groups in total. The molecular weight excluding hydrogens is 798 g/mol. The minimum atomic E-state index is -2.45. The maximum absolute atomic E-state index is 8.11. The normalized spacial score (nSPS) is 13.4. The Bertz CT molecular complexity index is 2610. The summed E-state index contributed by atoms with van der Waals surface area (Å²) in [6, 6.07) is 55.7. The van der Waals surface area contributed by atoms with Crippen molar-refractivity contribution in [3.63, 3.8) is 0 Å². The molecule has 0 saturated carbocycles. The minimum Gasteiger partial charge on any atom is -0.358 e. The molecule has 0 spiro atoms. The summed E-state index contributed by atoms with van der Waals surface area (Å²) >= 11 is 0. The molecule has 2 aromatic heterocycles. The fourth-order valence-electron chi connectivity index (χ4n) is 6.73. The Labute approximate surface area is 309 Å². The number of hydroxylamine groups is 1. The third kappa shape index (κ3) is 5.34. The Balaban J connectivity index is 0.00000400. The molecule has 0 saturated heterocycles. The summed E-state index contributed by atoms with van der Waals surface area (Å²) in [5, 5.41) is 4.88. The standard InChI is InChI=1S/C43H31N5O.Pt/c1-30-13-6-7-18-36(30)31-25-26-44-43(27-31)47-39-20-9-8-19-37(39)38-24-23-34(29-42(38)47)46(32-14-4-3-5-15-32)33-16-12-17-35(28-33)48-41-22-11-10-21-40(41)45(2)49-48;/h3-27H,1-2H3;/q-2;/p+1/i2D3;. The summed E-state index contributed by atoms with van der Waals surface area (Å²) in [6.07, 6.45) is 1.87. The van der Waals surface area contributed by atoms with E-state index in [1.54, 1.807) is 11.1 Å². The molecular formula is C43H32N5OPt-. The van der Waals surface area contributed by atoms with Gasteiger partial charge in [-0.1, -0.05) is 89.7 Å². The molecule has 0 atom stereocenters. The van der Waals surface area contributed by atoms with Gasteiger partial charge >= 0.3 is 0 Å². The van der Waals surface area contributed by atoms with Crippen molar-refractivity contribution in [3.05, 3.63) is 169 Å². The van der Waals surface area contributed by atoms with Crippen LogP contribution in [0, 0.1) is 19.1 Å². The average Bonchev–Trinajstić information content (AvgIpc) is 3.73. The fourth-order valence-corrected chi connectivity index (χ4v) is 6.73. The van der Waals surface area contributed by atoms with Gasteiger partial charge in [0, 0.05) is 44.2 Å². The SMILES string of the molecule is [2H]C([2H])([2H])N1[OH+]N(c2[c-]c(N(c3[c-]c4c(cc3)c3ccccc3n4-c3cc(-c4ccccc4C)ccn3)c3ccccc3)ccc2)c2ccccc21.[Pt]. The number of aromatic nitrogens is 2. The van der Waals surface area contributed by atoms with Gasteiger partial charge in [0.1, 0.15) is 17.2 Å². The van der Waals surface area contributed by atoms with Gasteiger partial charge in [-0.15, -0.1) is 45.8 Å². The smallest absolute Gasteiger partial charge is 0.145 e. The van der Waals surface area contributed by atoms with Crippen LogP contribution in [-0.2, 0) is 21.1 Å². The van der Waals surface area contributed by atoms with Gasteiger partial charge < -0.3 is 9.47 Å². The van der Waals surface area contributed by atoms with Crippen molar-refractivity contribution in [1.29, 1.82) is 0 Å². The third-order valence-corrected chi connectivity index (χ3v) is 9.00. The second kappa shape index (κ2) is 13.0. The second-order valence-corrected chi connectivity index (χ2v) is 12.0. The van der Waals surface area contributed by atoms with Crippen LogP contribution in [-0.4, -0.2) is 21.5 Å². The first-order valence-corrected chi connectivity index (χ1v) is 16.1. The number of anilines is 6. The zero-order valence-corrected chi connectivity index (χ0v) is 29.2. The van der Waals surface area contributed by atoms with Crippen molar-refractivity contribution in [3.8, 4) is 16.9 Å². The Hall–Kier alpha value is -5.68. The van der Waals surface area contributed by atoms with E-state index in [1.807, 2.05) is 72.9 Å². The molecule has 1 aliphatic heterocycles. The number of hydrogen-bond acceptors (Lipinski definition) is 4. The molecule has 7 heteroatoms. The van der Waals surface area contributed by atoms with Crippen LogP contribution in [0.25, 0.3) is 38.8 Å². The van der Waals surface area contributed by atoms with E-state index in [-0.39, 0.29) is 21.1 Å². The molecule has 8 aromatic rings. The van der Waals surface area contributed by atoms with E-state index in [2.05, 4.69) is 106 Å². The summed E-state index contributed by atoms with van der Waals surface area (Å²) in [6.45, 7) is -0.324. The van der Waals surface area contributed by atoms with Crippen LogP contribution < -0.4 is 15.0 Å². The largest absolute Gasteiger partial charge is 0.358 e. The number of nitrogens with zero attached hydrogens (tertiary/aromatic N) is 5. The van der Waals surface area contributed by atoms with Crippen molar-refractivity contribution in [2.75, 3.05) is 22.0 Å². The van der Waals surface area contributed by atoms with Gasteiger partial charge in [0.05, 0.1) is 11.1 Å². The Morgan fingerprint density at radius 1 is 0.700 bits per heavy atom. The number of pyridine rings is 1. The maximum Gasteiger partial charge on any atom is 0.145 e. The first kappa shape index (κ1) is 28.2. The monoisotopic (exact) mass is 832 g/mol. The van der Waals surface area contributed by atoms with E-state index < -0.39 is 6.98 Å². The molecule has 0 aliphatic carbocycles. The van der Waals surface area contributed by atoms with Crippen molar-refractivity contribution in [2.45, 2.75) is 6.92 Å². The number of benzene rings is 6. The summed E-state index contributed by atoms with van der Waals surface area (Å²) in [5.41, 5.74) is 9.60. The summed E-state index contributed by atoms with van der Waals surface area (Å²) in [4.78, 5) is 11.5. The second-order valence-electron chi connectivity index (χ2n) is 12.0. The zero-order valence-electron chi connectivity index (χ0n) is 29.9. The fraction of sp³-hybridized carbons (Fsp3) is 0.0465. The van der Waals surface area contributed by atoms with Gasteiger partial charge in [0.25, 0.3) is 0 Å². The Kier molecular flexibility index (Phi) is 7.32. The topological polar surface area (TPSA) is 40.3 Å². The van der Waals surface area contributed by atoms with Crippen LogP contribution in [0.3, 0.4) is 0 Å². The van der Waals surface area contributed by atoms with Crippen LogP contribution in [0.5, 0.6) is 0 Å². The van der Waals surface area contributed by atoms with Gasteiger partial charge in [-0.05, 0) is 71.5 Å². The molecule has 9 rings (SSSR count). The minimum absolute atomic E-state index is 0. The van der Waals surface area contributed by atoms with Gasteiger partial charge in [0.2, 0.25) is 0 Å². The quantitative estimate of drug-likeness (QED) is 0.124. The molecule has 6 nitrogen and oxygen atoms in total. The number of aryl methyl sites for hydroxylation is 1. The predicted molar refractivity (Wildman–Crippen MR) is 200 cm³/mol. The number of para-hydroxylation sites is 4.